The van der Waals surface area contributed by atoms with Gasteiger partial charge in [-0.1, -0.05) is 69.3 Å². The van der Waals surface area contributed by atoms with Gasteiger partial charge in [-0.25, -0.2) is 0 Å². The molecule has 0 spiro atoms. The van der Waals surface area contributed by atoms with Crippen LogP contribution in [0.25, 0.3) is 11.1 Å². The highest BCUT2D eigenvalue weighted by Crippen LogP contribution is 2.39. The van der Waals surface area contributed by atoms with Gasteiger partial charge in [0, 0.05) is 46.1 Å². The van der Waals surface area contributed by atoms with Gasteiger partial charge < -0.3 is 19.3 Å². The predicted molar refractivity (Wildman–Crippen MR) is 187 cm³/mol. The molecule has 0 aromatic heterocycles. The lowest BCUT2D eigenvalue weighted by molar-refractivity contribution is 0.414. The fraction of sp³-hybridized carbons (Fsp3) is 0.250. The summed E-state index contributed by atoms with van der Waals surface area (Å²) in [4.78, 5) is 4.62. The van der Waals surface area contributed by atoms with E-state index in [2.05, 4.69) is 148 Å². The van der Waals surface area contributed by atoms with Gasteiger partial charge in [0.05, 0.1) is 14.2 Å². The number of anilines is 5. The minimum absolute atomic E-state index is 0.0917. The third-order valence-electron chi connectivity index (χ3n) is 7.87. The van der Waals surface area contributed by atoms with Crippen molar-refractivity contribution in [1.82, 2.24) is 0 Å². The quantitative estimate of drug-likeness (QED) is 0.181. The van der Waals surface area contributed by atoms with Crippen LogP contribution in [0.3, 0.4) is 0 Å². The van der Waals surface area contributed by atoms with Crippen LogP contribution in [-0.2, 0) is 5.41 Å². The molecule has 0 radical (unpaired) electrons. The second-order valence-electron chi connectivity index (χ2n) is 13.1. The maximum Gasteiger partial charge on any atom is 0.120 e. The predicted octanol–water partition coefficient (Wildman–Crippen LogP) is 11.1. The molecule has 0 N–H and O–H groups in total. The molecule has 0 heterocycles. The van der Waals surface area contributed by atoms with E-state index in [0.29, 0.717) is 0 Å². The molecule has 0 saturated carbocycles. The van der Waals surface area contributed by atoms with Crippen molar-refractivity contribution in [3.05, 3.63) is 127 Å². The SMILES string of the molecule is COc1cccc(N(c2ccc(-c3ccc(N(c4cccc(OC)c4)C(C)(C)C)cc3)cc2)c2ccc(C(C)(C)C)cc2)c1. The summed E-state index contributed by atoms with van der Waals surface area (Å²) in [5.41, 5.74) is 9.07. The largest absolute Gasteiger partial charge is 0.497 e. The van der Waals surface area contributed by atoms with Gasteiger partial charge in [-0.05, 0) is 104 Å². The smallest absolute Gasteiger partial charge is 0.120 e. The molecule has 0 aliphatic carbocycles. The number of benzene rings is 5. The molecule has 5 aromatic carbocycles. The Hall–Kier alpha value is -4.70. The third-order valence-corrected chi connectivity index (χ3v) is 7.87. The van der Waals surface area contributed by atoms with Gasteiger partial charge in [0.15, 0.2) is 0 Å². The summed E-state index contributed by atoms with van der Waals surface area (Å²) >= 11 is 0. The number of nitrogens with zero attached hydrogens (tertiary/aromatic N) is 2. The van der Waals surface area contributed by atoms with E-state index in [1.54, 1.807) is 14.2 Å². The number of methoxy groups -OCH3 is 2. The molecule has 0 unspecified atom stereocenters. The Morgan fingerprint density at radius 2 is 0.886 bits per heavy atom. The fourth-order valence-corrected chi connectivity index (χ4v) is 5.59. The molecule has 0 amide bonds. The molecule has 0 atom stereocenters. The van der Waals surface area contributed by atoms with Crippen molar-refractivity contribution in [3.8, 4) is 22.6 Å². The van der Waals surface area contributed by atoms with Crippen LogP contribution in [0.4, 0.5) is 28.4 Å². The van der Waals surface area contributed by atoms with Crippen molar-refractivity contribution in [2.24, 2.45) is 0 Å². The van der Waals surface area contributed by atoms with Crippen molar-refractivity contribution < 1.29 is 9.47 Å². The highest BCUT2D eigenvalue weighted by atomic mass is 16.5. The molecule has 0 aliphatic heterocycles. The van der Waals surface area contributed by atoms with Gasteiger partial charge in [-0.2, -0.15) is 0 Å². The second kappa shape index (κ2) is 12.5. The molecular weight excluding hydrogens is 540 g/mol. The highest BCUT2D eigenvalue weighted by molar-refractivity contribution is 5.79. The Morgan fingerprint density at radius 1 is 0.455 bits per heavy atom. The Morgan fingerprint density at radius 3 is 1.34 bits per heavy atom. The molecule has 0 bridgehead atoms. The van der Waals surface area contributed by atoms with Gasteiger partial charge in [0.1, 0.15) is 11.5 Å². The van der Waals surface area contributed by atoms with Crippen LogP contribution in [0, 0.1) is 0 Å². The van der Waals surface area contributed by atoms with E-state index < -0.39 is 0 Å². The van der Waals surface area contributed by atoms with Crippen LogP contribution in [0.15, 0.2) is 121 Å². The lowest BCUT2D eigenvalue weighted by Crippen LogP contribution is -2.37. The van der Waals surface area contributed by atoms with Crippen LogP contribution in [0.5, 0.6) is 11.5 Å². The third kappa shape index (κ3) is 6.75. The van der Waals surface area contributed by atoms with E-state index in [4.69, 9.17) is 9.47 Å². The summed E-state index contributed by atoms with van der Waals surface area (Å²) < 4.78 is 11.1. The second-order valence-corrected chi connectivity index (χ2v) is 13.1. The summed E-state index contributed by atoms with van der Waals surface area (Å²) in [6, 6.07) is 42.9. The monoisotopic (exact) mass is 584 g/mol. The number of hydrogen-bond donors (Lipinski definition) is 0. The average molecular weight is 585 g/mol. The van der Waals surface area contributed by atoms with E-state index in [1.165, 1.54) is 11.1 Å². The van der Waals surface area contributed by atoms with E-state index >= 15 is 0 Å². The van der Waals surface area contributed by atoms with Crippen LogP contribution in [-0.4, -0.2) is 19.8 Å². The van der Waals surface area contributed by atoms with Gasteiger partial charge in [-0.15, -0.1) is 0 Å². The van der Waals surface area contributed by atoms with E-state index in [1.807, 2.05) is 24.3 Å². The van der Waals surface area contributed by atoms with Crippen molar-refractivity contribution in [2.75, 3.05) is 24.0 Å². The average Bonchev–Trinajstić information content (AvgIpc) is 3.01. The molecule has 0 aliphatic rings. The zero-order valence-corrected chi connectivity index (χ0v) is 27.3. The fourth-order valence-electron chi connectivity index (χ4n) is 5.59. The lowest BCUT2D eigenvalue weighted by Gasteiger charge is -2.38. The summed E-state index contributed by atoms with van der Waals surface area (Å²) in [5.74, 6) is 1.68. The van der Waals surface area contributed by atoms with Gasteiger partial charge in [-0.3, -0.25) is 0 Å². The van der Waals surface area contributed by atoms with E-state index in [9.17, 15) is 0 Å². The van der Waals surface area contributed by atoms with Crippen molar-refractivity contribution in [3.63, 3.8) is 0 Å². The topological polar surface area (TPSA) is 24.9 Å². The molecule has 0 saturated heterocycles. The zero-order valence-electron chi connectivity index (χ0n) is 27.3. The Labute approximate surface area is 263 Å². The molecular formula is C40H44N2O2. The van der Waals surface area contributed by atoms with Crippen molar-refractivity contribution in [1.29, 1.82) is 0 Å². The van der Waals surface area contributed by atoms with Gasteiger partial charge in [0.2, 0.25) is 0 Å². The highest BCUT2D eigenvalue weighted by Gasteiger charge is 2.24. The number of ether oxygens (including phenoxy) is 2. The van der Waals surface area contributed by atoms with E-state index in [-0.39, 0.29) is 11.0 Å². The molecule has 4 nitrogen and oxygen atoms in total. The molecule has 0 fully saturated rings. The van der Waals surface area contributed by atoms with Gasteiger partial charge in [0.25, 0.3) is 0 Å². The minimum atomic E-state index is -0.121. The van der Waals surface area contributed by atoms with Crippen LogP contribution < -0.4 is 19.3 Å². The Bertz CT molecular complexity index is 1680. The molecule has 5 rings (SSSR count). The maximum absolute atomic E-state index is 5.57. The first-order chi connectivity index (χ1) is 21.0. The first-order valence-electron chi connectivity index (χ1n) is 15.2. The normalized spacial score (nSPS) is 11.6. The first-order valence-corrected chi connectivity index (χ1v) is 15.2. The molecule has 4 heteroatoms. The zero-order chi connectivity index (χ0) is 31.5. The first kappa shape index (κ1) is 30.7. The number of rotatable bonds is 8. The maximum atomic E-state index is 5.57. The van der Waals surface area contributed by atoms with Crippen molar-refractivity contribution in [2.45, 2.75) is 52.5 Å². The Kier molecular flexibility index (Phi) is 8.73. The van der Waals surface area contributed by atoms with Crippen LogP contribution in [0.1, 0.15) is 47.1 Å². The van der Waals surface area contributed by atoms with E-state index in [0.717, 1.165) is 45.5 Å². The molecule has 44 heavy (non-hydrogen) atoms. The molecule has 226 valence electrons. The summed E-state index contributed by atoms with van der Waals surface area (Å²) in [7, 11) is 3.41. The summed E-state index contributed by atoms with van der Waals surface area (Å²) in [5, 5.41) is 0. The van der Waals surface area contributed by atoms with Crippen LogP contribution in [0.2, 0.25) is 0 Å². The standard InChI is InChI=1S/C40H44N2O2/c1-39(2,3)31-19-25-33(26-20-31)41(35-11-9-13-37(27-35)43-7)32-21-15-29(16-22-32)30-17-23-34(24-18-30)42(40(4,5)6)36-12-10-14-38(28-36)44-8/h9-28H,1-8H3. The molecule has 5 aromatic rings. The minimum Gasteiger partial charge on any atom is -0.497 e. The summed E-state index contributed by atoms with van der Waals surface area (Å²) in [6.07, 6.45) is 0. The lowest BCUT2D eigenvalue weighted by atomic mass is 9.87. The van der Waals surface area contributed by atoms with Gasteiger partial charge >= 0.3 is 0 Å². The summed E-state index contributed by atoms with van der Waals surface area (Å²) in [6.45, 7) is 13.4. The Balaban J connectivity index is 1.47. The van der Waals surface area contributed by atoms with Crippen molar-refractivity contribution >= 4 is 28.4 Å². The van der Waals surface area contributed by atoms with Crippen LogP contribution >= 0.6 is 0 Å². The number of hydrogen-bond acceptors (Lipinski definition) is 4.